The number of nitrogens with one attached hydrogen (secondary N) is 1. The van der Waals surface area contributed by atoms with Crippen molar-refractivity contribution < 1.29 is 0 Å². The zero-order valence-corrected chi connectivity index (χ0v) is 10.4. The Morgan fingerprint density at radius 2 is 1.82 bits per heavy atom. The summed E-state index contributed by atoms with van der Waals surface area (Å²) >= 11 is 1.82. The zero-order chi connectivity index (χ0) is 11.7. The monoisotopic (exact) mass is 239 g/mol. The van der Waals surface area contributed by atoms with Gasteiger partial charge in [-0.05, 0) is 36.8 Å². The second-order valence-corrected chi connectivity index (χ2v) is 5.06. The SMILES string of the molecule is C/C=C/c1ccc2c(c1)Nc1ccccc1S2. The van der Waals surface area contributed by atoms with E-state index in [1.54, 1.807) is 0 Å². The summed E-state index contributed by atoms with van der Waals surface area (Å²) in [5, 5.41) is 3.48. The Hall–Kier alpha value is -1.67. The van der Waals surface area contributed by atoms with Crippen molar-refractivity contribution in [3.8, 4) is 0 Å². The summed E-state index contributed by atoms with van der Waals surface area (Å²) in [5.41, 5.74) is 3.63. The Morgan fingerprint density at radius 3 is 2.71 bits per heavy atom. The van der Waals surface area contributed by atoms with Gasteiger partial charge in [0.25, 0.3) is 0 Å². The van der Waals surface area contributed by atoms with E-state index in [2.05, 4.69) is 59.9 Å². The molecule has 0 unspecified atom stereocenters. The Morgan fingerprint density at radius 1 is 1.00 bits per heavy atom. The molecule has 0 spiro atoms. The first-order chi connectivity index (χ1) is 8.36. The van der Waals surface area contributed by atoms with Crippen molar-refractivity contribution in [3.05, 3.63) is 54.1 Å². The second kappa shape index (κ2) is 4.30. The third-order valence-corrected chi connectivity index (χ3v) is 3.89. The molecule has 0 saturated carbocycles. The number of hydrogen-bond donors (Lipinski definition) is 1. The summed E-state index contributed by atoms with van der Waals surface area (Å²) in [5.74, 6) is 0. The lowest BCUT2D eigenvalue weighted by molar-refractivity contribution is 1.31. The van der Waals surface area contributed by atoms with Crippen LogP contribution in [0.3, 0.4) is 0 Å². The Bertz CT molecular complexity index is 587. The van der Waals surface area contributed by atoms with E-state index in [9.17, 15) is 0 Å². The Kier molecular flexibility index (Phi) is 2.65. The van der Waals surface area contributed by atoms with E-state index < -0.39 is 0 Å². The number of anilines is 2. The van der Waals surface area contributed by atoms with E-state index >= 15 is 0 Å². The van der Waals surface area contributed by atoms with Crippen LogP contribution in [0, 0.1) is 0 Å². The van der Waals surface area contributed by atoms with Crippen LogP contribution in [0.5, 0.6) is 0 Å². The van der Waals surface area contributed by atoms with Crippen molar-refractivity contribution >= 4 is 29.2 Å². The molecule has 0 bridgehead atoms. The molecule has 1 heterocycles. The van der Waals surface area contributed by atoms with Gasteiger partial charge in [-0.3, -0.25) is 0 Å². The number of allylic oxidation sites excluding steroid dienone is 1. The Balaban J connectivity index is 2.03. The summed E-state index contributed by atoms with van der Waals surface area (Å²) in [7, 11) is 0. The summed E-state index contributed by atoms with van der Waals surface area (Å²) in [6, 6.07) is 14.9. The van der Waals surface area contributed by atoms with Gasteiger partial charge in [-0.1, -0.05) is 42.1 Å². The highest BCUT2D eigenvalue weighted by molar-refractivity contribution is 7.99. The standard InChI is InChI=1S/C15H13NS/c1-2-5-11-8-9-15-13(10-11)16-12-6-3-4-7-14(12)17-15/h2-10,16H,1H3/b5-2+. The van der Waals surface area contributed by atoms with E-state index in [1.165, 1.54) is 26.7 Å². The normalized spacial score (nSPS) is 13.0. The van der Waals surface area contributed by atoms with Crippen LogP contribution in [0.25, 0.3) is 6.08 Å². The third kappa shape index (κ3) is 1.96. The number of benzene rings is 2. The largest absolute Gasteiger partial charge is 0.354 e. The highest BCUT2D eigenvalue weighted by Gasteiger charge is 2.14. The molecule has 1 aliphatic rings. The van der Waals surface area contributed by atoms with Crippen molar-refractivity contribution in [2.75, 3.05) is 5.32 Å². The summed E-state index contributed by atoms with van der Waals surface area (Å²) in [4.78, 5) is 2.58. The van der Waals surface area contributed by atoms with Crippen LogP contribution in [0.4, 0.5) is 11.4 Å². The lowest BCUT2D eigenvalue weighted by Gasteiger charge is -2.20. The van der Waals surface area contributed by atoms with E-state index in [0.717, 1.165) is 0 Å². The van der Waals surface area contributed by atoms with Crippen LogP contribution in [0.15, 0.2) is 58.3 Å². The molecule has 0 fully saturated rings. The minimum atomic E-state index is 1.20. The van der Waals surface area contributed by atoms with E-state index in [0.29, 0.717) is 0 Å². The van der Waals surface area contributed by atoms with Crippen LogP contribution in [-0.4, -0.2) is 0 Å². The van der Waals surface area contributed by atoms with Gasteiger partial charge in [-0.15, -0.1) is 0 Å². The average Bonchev–Trinajstić information content (AvgIpc) is 2.36. The third-order valence-electron chi connectivity index (χ3n) is 2.74. The minimum absolute atomic E-state index is 1.20. The van der Waals surface area contributed by atoms with E-state index in [4.69, 9.17) is 0 Å². The lowest BCUT2D eigenvalue weighted by atomic mass is 10.1. The molecule has 2 heteroatoms. The van der Waals surface area contributed by atoms with Gasteiger partial charge in [0.2, 0.25) is 0 Å². The first-order valence-corrected chi connectivity index (χ1v) is 6.49. The van der Waals surface area contributed by atoms with Crippen molar-refractivity contribution in [3.63, 3.8) is 0 Å². The first kappa shape index (κ1) is 10.5. The predicted octanol–water partition coefficient (Wildman–Crippen LogP) is 4.93. The number of rotatable bonds is 1. The number of hydrogen-bond acceptors (Lipinski definition) is 2. The molecule has 0 aliphatic carbocycles. The fourth-order valence-corrected chi connectivity index (χ4v) is 2.92. The molecular formula is C15H13NS. The number of fused-ring (bicyclic) bond motifs is 2. The smallest absolute Gasteiger partial charge is 0.0532 e. The van der Waals surface area contributed by atoms with Gasteiger partial charge in [-0.25, -0.2) is 0 Å². The molecule has 0 amide bonds. The van der Waals surface area contributed by atoms with Crippen LogP contribution in [-0.2, 0) is 0 Å². The maximum Gasteiger partial charge on any atom is 0.0532 e. The molecule has 0 saturated heterocycles. The molecule has 1 N–H and O–H groups in total. The second-order valence-electron chi connectivity index (χ2n) is 3.98. The first-order valence-electron chi connectivity index (χ1n) is 5.67. The van der Waals surface area contributed by atoms with Gasteiger partial charge >= 0.3 is 0 Å². The molecule has 2 aromatic rings. The summed E-state index contributed by atoms with van der Waals surface area (Å²) < 4.78 is 0. The Labute approximate surface area is 106 Å². The van der Waals surface area contributed by atoms with Gasteiger partial charge < -0.3 is 5.32 Å². The molecule has 1 nitrogen and oxygen atoms in total. The van der Waals surface area contributed by atoms with Gasteiger partial charge in [0, 0.05) is 9.79 Å². The van der Waals surface area contributed by atoms with Crippen molar-refractivity contribution in [1.29, 1.82) is 0 Å². The highest BCUT2D eigenvalue weighted by Crippen LogP contribution is 2.44. The van der Waals surface area contributed by atoms with Gasteiger partial charge in [0.05, 0.1) is 11.4 Å². The zero-order valence-electron chi connectivity index (χ0n) is 9.60. The molecule has 84 valence electrons. The van der Waals surface area contributed by atoms with Crippen LogP contribution >= 0.6 is 11.8 Å². The van der Waals surface area contributed by atoms with Crippen LogP contribution < -0.4 is 5.32 Å². The molecule has 2 aromatic carbocycles. The number of para-hydroxylation sites is 1. The molecule has 0 radical (unpaired) electrons. The van der Waals surface area contributed by atoms with Crippen LogP contribution in [0.2, 0.25) is 0 Å². The van der Waals surface area contributed by atoms with Gasteiger partial charge in [0.15, 0.2) is 0 Å². The van der Waals surface area contributed by atoms with Gasteiger partial charge in [-0.2, -0.15) is 0 Å². The molecule has 0 atom stereocenters. The lowest BCUT2D eigenvalue weighted by Crippen LogP contribution is -1.99. The predicted molar refractivity (Wildman–Crippen MR) is 75.0 cm³/mol. The summed E-state index contributed by atoms with van der Waals surface area (Å²) in [6.45, 7) is 2.04. The molecule has 1 aliphatic heterocycles. The fraction of sp³-hybridized carbons (Fsp3) is 0.0667. The average molecular weight is 239 g/mol. The van der Waals surface area contributed by atoms with Gasteiger partial charge in [0.1, 0.15) is 0 Å². The summed E-state index contributed by atoms with van der Waals surface area (Å²) in [6.07, 6.45) is 4.18. The molecule has 3 rings (SSSR count). The van der Waals surface area contributed by atoms with E-state index in [-0.39, 0.29) is 0 Å². The minimum Gasteiger partial charge on any atom is -0.354 e. The van der Waals surface area contributed by atoms with Crippen LogP contribution in [0.1, 0.15) is 12.5 Å². The quantitative estimate of drug-likeness (QED) is 0.646. The van der Waals surface area contributed by atoms with E-state index in [1.807, 2.05) is 18.7 Å². The van der Waals surface area contributed by atoms with Crippen molar-refractivity contribution in [2.45, 2.75) is 16.7 Å². The fourth-order valence-electron chi connectivity index (χ4n) is 1.95. The van der Waals surface area contributed by atoms with Crippen molar-refractivity contribution in [1.82, 2.24) is 0 Å². The maximum atomic E-state index is 3.48. The highest BCUT2D eigenvalue weighted by atomic mass is 32.2. The topological polar surface area (TPSA) is 12.0 Å². The molecule has 17 heavy (non-hydrogen) atoms. The maximum absolute atomic E-state index is 3.48. The molecular weight excluding hydrogens is 226 g/mol. The molecule has 0 aromatic heterocycles. The van der Waals surface area contributed by atoms with Crippen molar-refractivity contribution in [2.24, 2.45) is 0 Å².